The summed E-state index contributed by atoms with van der Waals surface area (Å²) in [4.78, 5) is 0. The normalized spacial score (nSPS) is 13.7. The number of rotatable bonds is 4. The molecule has 0 fully saturated rings. The lowest BCUT2D eigenvalue weighted by atomic mass is 9.82. The summed E-state index contributed by atoms with van der Waals surface area (Å²) in [6, 6.07) is 8.44. The van der Waals surface area contributed by atoms with Crippen molar-refractivity contribution in [1.29, 1.82) is 0 Å². The number of anilines is 1. The number of benzene rings is 1. The molecule has 22 heavy (non-hydrogen) atoms. The van der Waals surface area contributed by atoms with Crippen molar-refractivity contribution in [3.05, 3.63) is 36.0 Å². The average Bonchev–Trinajstić information content (AvgIpc) is 2.87. The summed E-state index contributed by atoms with van der Waals surface area (Å²) in [5.74, 6) is 1.71. The molecule has 120 valence electrons. The Kier molecular flexibility index (Phi) is 4.75. The van der Waals surface area contributed by atoms with Crippen LogP contribution in [0.4, 0.5) is 5.82 Å². The largest absolute Gasteiger partial charge is 0.488 e. The van der Waals surface area contributed by atoms with E-state index in [0.29, 0.717) is 0 Å². The molecule has 0 amide bonds. The topological polar surface area (TPSA) is 47.0 Å². The van der Waals surface area contributed by atoms with Crippen LogP contribution in [-0.2, 0) is 0 Å². The smallest absolute Gasteiger partial charge is 0.160 e. The minimum Gasteiger partial charge on any atom is -0.488 e. The Morgan fingerprint density at radius 1 is 1.05 bits per heavy atom. The van der Waals surface area contributed by atoms with Crippen LogP contribution < -0.4 is 10.1 Å². The highest BCUT2D eigenvalue weighted by molar-refractivity contribution is 6.99. The second kappa shape index (κ2) is 6.24. The quantitative estimate of drug-likeness (QED) is 0.869. The number of hydrogen-bond donors (Lipinski definition) is 1. The maximum absolute atomic E-state index is 5.89. The Labute approximate surface area is 137 Å². The zero-order chi connectivity index (χ0) is 16.4. The van der Waals surface area contributed by atoms with Crippen LogP contribution in [0.3, 0.4) is 0 Å². The molecule has 1 atom stereocenters. The first-order valence-electron chi connectivity index (χ1n) is 7.48. The molecule has 4 nitrogen and oxygen atoms in total. The molecule has 2 rings (SSSR count). The maximum atomic E-state index is 5.89. The van der Waals surface area contributed by atoms with Gasteiger partial charge in [0.05, 0.1) is 24.0 Å². The van der Waals surface area contributed by atoms with Gasteiger partial charge in [-0.05, 0) is 43.9 Å². The van der Waals surface area contributed by atoms with E-state index in [0.717, 1.165) is 11.6 Å². The highest BCUT2D eigenvalue weighted by Crippen LogP contribution is 2.36. The monoisotopic (exact) mass is 319 g/mol. The summed E-state index contributed by atoms with van der Waals surface area (Å²) < 4.78 is 14.2. The number of ether oxygens (including phenoxy) is 1. The van der Waals surface area contributed by atoms with E-state index >= 15 is 0 Å². The van der Waals surface area contributed by atoms with Gasteiger partial charge in [0, 0.05) is 0 Å². The Hall–Kier alpha value is -1.62. The van der Waals surface area contributed by atoms with Gasteiger partial charge in [0.25, 0.3) is 0 Å². The number of aromatic nitrogens is 2. The Morgan fingerprint density at radius 3 is 2.14 bits per heavy atom. The Bertz CT molecular complexity index is 580. The van der Waals surface area contributed by atoms with Crippen molar-refractivity contribution in [2.75, 3.05) is 5.32 Å². The third-order valence-corrected chi connectivity index (χ3v) is 3.64. The van der Waals surface area contributed by atoms with E-state index in [1.807, 2.05) is 12.1 Å². The second-order valence-corrected chi connectivity index (χ2v) is 8.08. The van der Waals surface area contributed by atoms with E-state index in [9.17, 15) is 0 Å². The lowest BCUT2D eigenvalue weighted by Gasteiger charge is -2.32. The molecule has 1 aromatic heterocycles. The fourth-order valence-electron chi connectivity index (χ4n) is 2.26. The first kappa shape index (κ1) is 16.7. The molecule has 1 unspecified atom stereocenters. The van der Waals surface area contributed by atoms with Gasteiger partial charge in [0.15, 0.2) is 5.82 Å². The van der Waals surface area contributed by atoms with Crippen molar-refractivity contribution >= 4 is 17.5 Å². The molecular weight excluding hydrogens is 294 g/mol. The van der Waals surface area contributed by atoms with Gasteiger partial charge in [-0.25, -0.2) is 0 Å². The molecule has 0 bridgehead atoms. The van der Waals surface area contributed by atoms with Gasteiger partial charge in [-0.15, -0.1) is 0 Å². The lowest BCUT2D eigenvalue weighted by molar-refractivity contribution is 0.131. The number of hydrogen-bond acceptors (Lipinski definition) is 5. The third-order valence-electron chi connectivity index (χ3n) is 3.16. The van der Waals surface area contributed by atoms with E-state index in [1.54, 1.807) is 6.20 Å². The molecule has 5 heteroatoms. The molecule has 0 aliphatic heterocycles. The van der Waals surface area contributed by atoms with E-state index in [1.165, 1.54) is 17.3 Å². The summed E-state index contributed by atoms with van der Waals surface area (Å²) in [5, 5.41) is 3.48. The minimum atomic E-state index is -0.185. The lowest BCUT2D eigenvalue weighted by Crippen LogP contribution is -2.26. The predicted molar refractivity (Wildman–Crippen MR) is 92.6 cm³/mol. The molecule has 0 saturated carbocycles. The SMILES string of the molecule is CC(C)(C)Oc1ccc(C(Nc2cnsn2)C(C)(C)C)cc1. The van der Waals surface area contributed by atoms with Crippen LogP contribution in [0.1, 0.15) is 53.1 Å². The molecule has 0 aliphatic rings. The fraction of sp³-hybridized carbons (Fsp3) is 0.529. The summed E-state index contributed by atoms with van der Waals surface area (Å²) in [6.45, 7) is 12.8. The maximum Gasteiger partial charge on any atom is 0.160 e. The van der Waals surface area contributed by atoms with Crippen LogP contribution in [0.15, 0.2) is 30.5 Å². The van der Waals surface area contributed by atoms with Gasteiger partial charge in [0.1, 0.15) is 11.4 Å². The van der Waals surface area contributed by atoms with Crippen molar-refractivity contribution in [3.8, 4) is 5.75 Å². The van der Waals surface area contributed by atoms with Crippen LogP contribution in [0, 0.1) is 5.41 Å². The summed E-state index contributed by atoms with van der Waals surface area (Å²) in [6.07, 6.45) is 1.76. The van der Waals surface area contributed by atoms with Crippen LogP contribution >= 0.6 is 11.7 Å². The summed E-state index contributed by atoms with van der Waals surface area (Å²) in [5.41, 5.74) is 1.08. The van der Waals surface area contributed by atoms with Crippen molar-refractivity contribution in [2.45, 2.75) is 53.2 Å². The molecule has 1 aromatic carbocycles. The summed E-state index contributed by atoms with van der Waals surface area (Å²) in [7, 11) is 0. The van der Waals surface area contributed by atoms with Crippen LogP contribution in [0.2, 0.25) is 0 Å². The van der Waals surface area contributed by atoms with Gasteiger partial charge in [-0.3, -0.25) is 0 Å². The van der Waals surface area contributed by atoms with Crippen molar-refractivity contribution in [2.24, 2.45) is 5.41 Å². The minimum absolute atomic E-state index is 0.0516. The van der Waals surface area contributed by atoms with E-state index in [-0.39, 0.29) is 17.1 Å². The average molecular weight is 319 g/mol. The fourth-order valence-corrected chi connectivity index (χ4v) is 2.64. The Morgan fingerprint density at radius 2 is 1.68 bits per heavy atom. The van der Waals surface area contributed by atoms with Crippen LogP contribution in [-0.4, -0.2) is 14.3 Å². The molecule has 0 radical (unpaired) electrons. The van der Waals surface area contributed by atoms with E-state index in [2.05, 4.69) is 67.7 Å². The van der Waals surface area contributed by atoms with Gasteiger partial charge in [-0.1, -0.05) is 32.9 Å². The second-order valence-electron chi connectivity index (χ2n) is 7.52. The van der Waals surface area contributed by atoms with Crippen molar-refractivity contribution in [3.63, 3.8) is 0 Å². The molecule has 1 heterocycles. The van der Waals surface area contributed by atoms with Crippen molar-refractivity contribution < 1.29 is 4.74 Å². The van der Waals surface area contributed by atoms with Crippen LogP contribution in [0.5, 0.6) is 5.75 Å². The number of nitrogens with zero attached hydrogens (tertiary/aromatic N) is 2. The zero-order valence-electron chi connectivity index (χ0n) is 14.2. The molecular formula is C17H25N3OS. The highest BCUT2D eigenvalue weighted by Gasteiger charge is 2.27. The summed E-state index contributed by atoms with van der Waals surface area (Å²) >= 11 is 1.21. The van der Waals surface area contributed by atoms with Gasteiger partial charge in [0.2, 0.25) is 0 Å². The zero-order valence-corrected chi connectivity index (χ0v) is 15.0. The molecule has 0 saturated heterocycles. The molecule has 0 spiro atoms. The first-order chi connectivity index (χ1) is 10.1. The Balaban J connectivity index is 2.21. The van der Waals surface area contributed by atoms with Gasteiger partial charge >= 0.3 is 0 Å². The van der Waals surface area contributed by atoms with E-state index in [4.69, 9.17) is 4.74 Å². The molecule has 2 aromatic rings. The predicted octanol–water partition coefficient (Wildman–Crippen LogP) is 4.91. The first-order valence-corrected chi connectivity index (χ1v) is 8.21. The molecule has 0 aliphatic carbocycles. The number of nitrogens with one attached hydrogen (secondary N) is 1. The van der Waals surface area contributed by atoms with Crippen LogP contribution in [0.25, 0.3) is 0 Å². The highest BCUT2D eigenvalue weighted by atomic mass is 32.1. The molecule has 1 N–H and O–H groups in total. The van der Waals surface area contributed by atoms with Gasteiger partial charge < -0.3 is 10.1 Å². The van der Waals surface area contributed by atoms with Gasteiger partial charge in [-0.2, -0.15) is 8.75 Å². The van der Waals surface area contributed by atoms with E-state index < -0.39 is 0 Å². The standard InChI is InChI=1S/C17H25N3OS/c1-16(2,3)15(19-14-11-18-22-20-14)12-7-9-13(10-8-12)21-17(4,5)6/h7-11,15H,1-6H3,(H,19,20). The third kappa shape index (κ3) is 4.70. The van der Waals surface area contributed by atoms with Crippen molar-refractivity contribution in [1.82, 2.24) is 8.75 Å².